The third kappa shape index (κ3) is 3.00. The largest absolute Gasteiger partial charge is 0.381 e. The minimum absolute atomic E-state index is 0.00673. The average molecular weight is 269 g/mol. The molecular weight excluding hydrogens is 250 g/mol. The SMILES string of the molecule is Cc1nc(N)sc1C(=O)N(C)CC1CCCOC1. The monoisotopic (exact) mass is 269 g/mol. The highest BCUT2D eigenvalue weighted by Crippen LogP contribution is 2.22. The molecule has 2 rings (SSSR count). The van der Waals surface area contributed by atoms with E-state index in [0.29, 0.717) is 21.6 Å². The lowest BCUT2D eigenvalue weighted by molar-refractivity contribution is 0.0389. The Bertz CT molecular complexity index is 427. The first-order valence-corrected chi connectivity index (χ1v) is 6.95. The maximum absolute atomic E-state index is 12.3. The van der Waals surface area contributed by atoms with E-state index in [2.05, 4.69) is 4.98 Å². The first-order chi connectivity index (χ1) is 8.58. The molecule has 0 spiro atoms. The van der Waals surface area contributed by atoms with E-state index in [1.807, 2.05) is 14.0 Å². The molecule has 18 heavy (non-hydrogen) atoms. The molecule has 1 atom stereocenters. The van der Waals surface area contributed by atoms with Crippen molar-refractivity contribution in [2.45, 2.75) is 19.8 Å². The van der Waals surface area contributed by atoms with Crippen LogP contribution in [0.1, 0.15) is 28.2 Å². The summed E-state index contributed by atoms with van der Waals surface area (Å²) in [4.78, 5) is 18.7. The van der Waals surface area contributed by atoms with Crippen LogP contribution in [0.3, 0.4) is 0 Å². The fourth-order valence-electron chi connectivity index (χ4n) is 2.21. The Labute approximate surface area is 111 Å². The smallest absolute Gasteiger partial charge is 0.265 e. The molecule has 1 aromatic rings. The number of nitrogens with zero attached hydrogens (tertiary/aromatic N) is 2. The summed E-state index contributed by atoms with van der Waals surface area (Å²) in [6, 6.07) is 0. The molecule has 100 valence electrons. The lowest BCUT2D eigenvalue weighted by Crippen LogP contribution is -2.35. The number of carbonyl (C=O) groups excluding carboxylic acids is 1. The summed E-state index contributed by atoms with van der Waals surface area (Å²) in [6.07, 6.45) is 2.21. The number of aryl methyl sites for hydroxylation is 1. The first kappa shape index (κ1) is 13.3. The summed E-state index contributed by atoms with van der Waals surface area (Å²) >= 11 is 1.26. The lowest BCUT2D eigenvalue weighted by atomic mass is 10.0. The number of nitrogens with two attached hydrogens (primary N) is 1. The van der Waals surface area contributed by atoms with Crippen LogP contribution in [-0.2, 0) is 4.74 Å². The van der Waals surface area contributed by atoms with E-state index in [9.17, 15) is 4.79 Å². The molecule has 0 bridgehead atoms. The highest BCUT2D eigenvalue weighted by molar-refractivity contribution is 7.17. The highest BCUT2D eigenvalue weighted by Gasteiger charge is 2.22. The second-order valence-electron chi connectivity index (χ2n) is 4.74. The van der Waals surface area contributed by atoms with Crippen molar-refractivity contribution in [2.24, 2.45) is 5.92 Å². The fourth-order valence-corrected chi connectivity index (χ4v) is 3.04. The van der Waals surface area contributed by atoms with Crippen molar-refractivity contribution in [2.75, 3.05) is 32.5 Å². The number of hydrogen-bond acceptors (Lipinski definition) is 5. The third-order valence-electron chi connectivity index (χ3n) is 3.14. The van der Waals surface area contributed by atoms with Gasteiger partial charge in [0.15, 0.2) is 5.13 Å². The fraction of sp³-hybridized carbons (Fsp3) is 0.667. The van der Waals surface area contributed by atoms with Gasteiger partial charge in [-0.25, -0.2) is 4.98 Å². The maximum Gasteiger partial charge on any atom is 0.265 e. The van der Waals surface area contributed by atoms with Crippen molar-refractivity contribution in [3.8, 4) is 0 Å². The minimum Gasteiger partial charge on any atom is -0.381 e. The molecule has 5 nitrogen and oxygen atoms in total. The van der Waals surface area contributed by atoms with Gasteiger partial charge in [-0.3, -0.25) is 4.79 Å². The number of aromatic nitrogens is 1. The Morgan fingerprint density at radius 1 is 1.67 bits per heavy atom. The minimum atomic E-state index is 0.00673. The maximum atomic E-state index is 12.3. The van der Waals surface area contributed by atoms with Crippen molar-refractivity contribution in [1.82, 2.24) is 9.88 Å². The van der Waals surface area contributed by atoms with Gasteiger partial charge in [0, 0.05) is 20.2 Å². The van der Waals surface area contributed by atoms with E-state index < -0.39 is 0 Å². The van der Waals surface area contributed by atoms with Crippen molar-refractivity contribution in [3.05, 3.63) is 10.6 Å². The molecular formula is C12H19N3O2S. The number of thiazole rings is 1. The predicted octanol–water partition coefficient (Wildman–Crippen LogP) is 1.53. The van der Waals surface area contributed by atoms with Crippen molar-refractivity contribution >= 4 is 22.4 Å². The average Bonchev–Trinajstić information content (AvgIpc) is 2.68. The molecule has 1 unspecified atom stereocenters. The molecule has 1 amide bonds. The Hall–Kier alpha value is -1.14. The number of nitrogen functional groups attached to an aromatic ring is 1. The van der Waals surface area contributed by atoms with Crippen LogP contribution >= 0.6 is 11.3 Å². The van der Waals surface area contributed by atoms with Crippen molar-refractivity contribution in [1.29, 1.82) is 0 Å². The van der Waals surface area contributed by atoms with E-state index in [-0.39, 0.29) is 5.91 Å². The Morgan fingerprint density at radius 2 is 2.44 bits per heavy atom. The van der Waals surface area contributed by atoms with Crippen LogP contribution in [0, 0.1) is 12.8 Å². The van der Waals surface area contributed by atoms with Crippen LogP contribution in [0.15, 0.2) is 0 Å². The van der Waals surface area contributed by atoms with Gasteiger partial charge in [0.05, 0.1) is 12.3 Å². The quantitative estimate of drug-likeness (QED) is 0.903. The second-order valence-corrected chi connectivity index (χ2v) is 5.77. The van der Waals surface area contributed by atoms with Gasteiger partial charge in [-0.05, 0) is 25.7 Å². The van der Waals surface area contributed by atoms with Crippen LogP contribution in [0.2, 0.25) is 0 Å². The molecule has 0 aliphatic carbocycles. The summed E-state index contributed by atoms with van der Waals surface area (Å²) in [6.45, 7) is 4.15. The topological polar surface area (TPSA) is 68.5 Å². The van der Waals surface area contributed by atoms with E-state index in [1.54, 1.807) is 4.90 Å². The van der Waals surface area contributed by atoms with Gasteiger partial charge in [-0.1, -0.05) is 11.3 Å². The highest BCUT2D eigenvalue weighted by atomic mass is 32.1. The molecule has 1 aliphatic heterocycles. The van der Waals surface area contributed by atoms with Crippen LogP contribution in [-0.4, -0.2) is 42.6 Å². The summed E-state index contributed by atoms with van der Waals surface area (Å²) in [5, 5.41) is 0.449. The first-order valence-electron chi connectivity index (χ1n) is 6.14. The Balaban J connectivity index is 1.97. The van der Waals surface area contributed by atoms with Gasteiger partial charge in [-0.15, -0.1) is 0 Å². The molecule has 1 aromatic heterocycles. The van der Waals surface area contributed by atoms with Gasteiger partial charge in [0.25, 0.3) is 5.91 Å². The van der Waals surface area contributed by atoms with Gasteiger partial charge < -0.3 is 15.4 Å². The Kier molecular flexibility index (Phi) is 4.19. The summed E-state index contributed by atoms with van der Waals surface area (Å²) in [5.41, 5.74) is 6.34. The Morgan fingerprint density at radius 3 is 3.00 bits per heavy atom. The number of anilines is 1. The standard InChI is InChI=1S/C12H19N3O2S/c1-8-10(18-12(13)14-8)11(16)15(2)6-9-4-3-5-17-7-9/h9H,3-7H2,1-2H3,(H2,13,14). The van der Waals surface area contributed by atoms with Gasteiger partial charge in [-0.2, -0.15) is 0 Å². The molecule has 1 aliphatic rings. The summed E-state index contributed by atoms with van der Waals surface area (Å²) in [7, 11) is 1.83. The zero-order valence-corrected chi connectivity index (χ0v) is 11.6. The van der Waals surface area contributed by atoms with E-state index in [4.69, 9.17) is 10.5 Å². The number of ether oxygens (including phenoxy) is 1. The second kappa shape index (κ2) is 5.67. The molecule has 0 radical (unpaired) electrons. The van der Waals surface area contributed by atoms with Crippen molar-refractivity contribution < 1.29 is 9.53 Å². The zero-order valence-electron chi connectivity index (χ0n) is 10.8. The van der Waals surface area contributed by atoms with Gasteiger partial charge >= 0.3 is 0 Å². The normalized spacial score (nSPS) is 19.8. The predicted molar refractivity (Wildman–Crippen MR) is 71.8 cm³/mol. The van der Waals surface area contributed by atoms with E-state index >= 15 is 0 Å². The zero-order chi connectivity index (χ0) is 13.1. The molecule has 1 saturated heterocycles. The lowest BCUT2D eigenvalue weighted by Gasteiger charge is -2.26. The molecule has 0 aromatic carbocycles. The number of carbonyl (C=O) groups is 1. The molecule has 1 fully saturated rings. The molecule has 2 heterocycles. The van der Waals surface area contributed by atoms with E-state index in [1.165, 1.54) is 11.3 Å². The van der Waals surface area contributed by atoms with Crippen LogP contribution in [0.4, 0.5) is 5.13 Å². The molecule has 2 N–H and O–H groups in total. The summed E-state index contributed by atoms with van der Waals surface area (Å²) in [5.74, 6) is 0.450. The number of rotatable bonds is 3. The molecule has 6 heteroatoms. The van der Waals surface area contributed by atoms with Crippen LogP contribution in [0.5, 0.6) is 0 Å². The number of amides is 1. The van der Waals surface area contributed by atoms with Gasteiger partial charge in [0.1, 0.15) is 4.88 Å². The van der Waals surface area contributed by atoms with Crippen LogP contribution in [0.25, 0.3) is 0 Å². The third-order valence-corrected chi connectivity index (χ3v) is 4.12. The molecule has 0 saturated carbocycles. The van der Waals surface area contributed by atoms with Gasteiger partial charge in [0.2, 0.25) is 0 Å². The van der Waals surface area contributed by atoms with Crippen molar-refractivity contribution in [3.63, 3.8) is 0 Å². The summed E-state index contributed by atoms with van der Waals surface area (Å²) < 4.78 is 5.43. The van der Waals surface area contributed by atoms with E-state index in [0.717, 1.165) is 32.6 Å². The number of hydrogen-bond donors (Lipinski definition) is 1. The van der Waals surface area contributed by atoms with Crippen LogP contribution < -0.4 is 5.73 Å².